The minimum Gasteiger partial charge on any atom is -0.351 e. The quantitative estimate of drug-likeness (QED) is 0.753. The monoisotopic (exact) mass is 311 g/mol. The Kier molecular flexibility index (Phi) is 5.19. The number of anilines is 1. The van der Waals surface area contributed by atoms with Crippen LogP contribution in [-0.2, 0) is 10.0 Å². The number of rotatable bonds is 6. The van der Waals surface area contributed by atoms with Crippen molar-refractivity contribution < 1.29 is 13.2 Å². The van der Waals surface area contributed by atoms with Crippen LogP contribution in [0.1, 0.15) is 23.7 Å². The minimum absolute atomic E-state index is 0.173. The predicted octanol–water partition coefficient (Wildman–Crippen LogP) is 0.566. The third kappa shape index (κ3) is 3.95. The molecule has 2 rings (SSSR count). The van der Waals surface area contributed by atoms with E-state index in [1.54, 1.807) is 24.3 Å². The highest BCUT2D eigenvalue weighted by atomic mass is 32.2. The van der Waals surface area contributed by atoms with E-state index < -0.39 is 10.0 Å². The Bertz CT molecular complexity index is 601. The van der Waals surface area contributed by atoms with E-state index in [2.05, 4.69) is 10.6 Å². The fourth-order valence-electron chi connectivity index (χ4n) is 2.28. The van der Waals surface area contributed by atoms with Gasteiger partial charge in [-0.2, -0.15) is 0 Å². The highest BCUT2D eigenvalue weighted by molar-refractivity contribution is 7.93. The summed E-state index contributed by atoms with van der Waals surface area (Å²) in [6.07, 6.45) is 0.626. The summed E-state index contributed by atoms with van der Waals surface area (Å²) in [5.74, 6) is -0.0158. The zero-order valence-corrected chi connectivity index (χ0v) is 12.9. The molecule has 1 aromatic rings. The van der Waals surface area contributed by atoms with E-state index in [-0.39, 0.29) is 11.7 Å². The zero-order chi connectivity index (χ0) is 15.3. The van der Waals surface area contributed by atoms with Crippen molar-refractivity contribution in [3.05, 3.63) is 29.8 Å². The summed E-state index contributed by atoms with van der Waals surface area (Å²) in [7, 11) is -3.22. The van der Waals surface area contributed by atoms with E-state index in [0.717, 1.165) is 6.54 Å². The van der Waals surface area contributed by atoms with Gasteiger partial charge in [0.05, 0.1) is 11.4 Å². The maximum Gasteiger partial charge on any atom is 0.251 e. The van der Waals surface area contributed by atoms with Gasteiger partial charge in [-0.15, -0.1) is 0 Å². The molecule has 1 aliphatic heterocycles. The van der Waals surface area contributed by atoms with Crippen molar-refractivity contribution in [1.29, 1.82) is 0 Å². The SMILES string of the molecule is CCNCCNC(=O)c1cccc(N2CCCS2(=O)=O)c1. The first-order chi connectivity index (χ1) is 10.0. The molecule has 2 N–H and O–H groups in total. The molecule has 0 spiro atoms. The number of likely N-dealkylation sites (N-methyl/N-ethyl adjacent to an activating group) is 1. The Labute approximate surface area is 125 Å². The number of amides is 1. The van der Waals surface area contributed by atoms with Crippen LogP contribution < -0.4 is 14.9 Å². The van der Waals surface area contributed by atoms with E-state index in [4.69, 9.17) is 0 Å². The second-order valence-corrected chi connectivity index (χ2v) is 6.91. The molecule has 0 radical (unpaired) electrons. The summed E-state index contributed by atoms with van der Waals surface area (Å²) in [5.41, 5.74) is 1.04. The number of benzene rings is 1. The average molecular weight is 311 g/mol. The molecule has 1 aromatic carbocycles. The topological polar surface area (TPSA) is 78.5 Å². The van der Waals surface area contributed by atoms with Crippen LogP contribution in [0.4, 0.5) is 5.69 Å². The minimum atomic E-state index is -3.22. The number of nitrogens with zero attached hydrogens (tertiary/aromatic N) is 1. The smallest absolute Gasteiger partial charge is 0.251 e. The van der Waals surface area contributed by atoms with Crippen LogP contribution in [0.5, 0.6) is 0 Å². The van der Waals surface area contributed by atoms with Crippen LogP contribution in [0.2, 0.25) is 0 Å². The van der Waals surface area contributed by atoms with Crippen molar-refractivity contribution >= 4 is 21.6 Å². The molecule has 6 nitrogen and oxygen atoms in total. The maximum absolute atomic E-state index is 12.0. The van der Waals surface area contributed by atoms with Crippen LogP contribution in [0.15, 0.2) is 24.3 Å². The number of carbonyl (C=O) groups is 1. The third-order valence-electron chi connectivity index (χ3n) is 3.33. The molecule has 21 heavy (non-hydrogen) atoms. The summed E-state index contributed by atoms with van der Waals surface area (Å²) < 4.78 is 25.2. The molecule has 0 aliphatic carbocycles. The fourth-order valence-corrected chi connectivity index (χ4v) is 3.83. The van der Waals surface area contributed by atoms with Gasteiger partial charge in [-0.05, 0) is 31.2 Å². The van der Waals surface area contributed by atoms with Gasteiger partial charge in [0.25, 0.3) is 5.91 Å². The van der Waals surface area contributed by atoms with Crippen molar-refractivity contribution in [2.75, 3.05) is 36.2 Å². The van der Waals surface area contributed by atoms with E-state index in [1.165, 1.54) is 4.31 Å². The van der Waals surface area contributed by atoms with Crippen molar-refractivity contribution in [1.82, 2.24) is 10.6 Å². The highest BCUT2D eigenvalue weighted by Gasteiger charge is 2.28. The predicted molar refractivity (Wildman–Crippen MR) is 83.1 cm³/mol. The maximum atomic E-state index is 12.0. The van der Waals surface area contributed by atoms with Gasteiger partial charge in [0.2, 0.25) is 10.0 Å². The first-order valence-corrected chi connectivity index (χ1v) is 8.75. The van der Waals surface area contributed by atoms with E-state index in [9.17, 15) is 13.2 Å². The lowest BCUT2D eigenvalue weighted by Crippen LogP contribution is -2.32. The average Bonchev–Trinajstić information content (AvgIpc) is 2.83. The van der Waals surface area contributed by atoms with E-state index in [0.29, 0.717) is 37.3 Å². The molecule has 1 aliphatic rings. The van der Waals surface area contributed by atoms with Crippen molar-refractivity contribution in [2.45, 2.75) is 13.3 Å². The van der Waals surface area contributed by atoms with Gasteiger partial charge < -0.3 is 10.6 Å². The summed E-state index contributed by atoms with van der Waals surface area (Å²) in [6, 6.07) is 6.75. The zero-order valence-electron chi connectivity index (χ0n) is 12.1. The molecule has 0 bridgehead atoms. The van der Waals surface area contributed by atoms with E-state index >= 15 is 0 Å². The summed E-state index contributed by atoms with van der Waals surface area (Å²) in [5, 5.41) is 5.92. The van der Waals surface area contributed by atoms with Crippen LogP contribution >= 0.6 is 0 Å². The molecule has 7 heteroatoms. The lowest BCUT2D eigenvalue weighted by atomic mass is 10.2. The first kappa shape index (κ1) is 15.8. The van der Waals surface area contributed by atoms with Gasteiger partial charge in [-0.1, -0.05) is 13.0 Å². The van der Waals surface area contributed by atoms with Gasteiger partial charge in [0.1, 0.15) is 0 Å². The van der Waals surface area contributed by atoms with Crippen molar-refractivity contribution in [2.24, 2.45) is 0 Å². The van der Waals surface area contributed by atoms with Crippen LogP contribution in [0.3, 0.4) is 0 Å². The standard InChI is InChI=1S/C14H21N3O3S/c1-2-15-7-8-16-14(18)12-5-3-6-13(11-12)17-9-4-10-21(17,19)20/h3,5-6,11,15H,2,4,7-10H2,1H3,(H,16,18). The number of nitrogens with one attached hydrogen (secondary N) is 2. The molecule has 1 heterocycles. The number of hydrogen-bond donors (Lipinski definition) is 2. The van der Waals surface area contributed by atoms with Gasteiger partial charge in [0, 0.05) is 25.2 Å². The van der Waals surface area contributed by atoms with Gasteiger partial charge in [0.15, 0.2) is 0 Å². The Morgan fingerprint density at radius 3 is 2.81 bits per heavy atom. The van der Waals surface area contributed by atoms with Crippen molar-refractivity contribution in [3.63, 3.8) is 0 Å². The summed E-state index contributed by atoms with van der Waals surface area (Å²) in [4.78, 5) is 12.0. The Balaban J connectivity index is 2.06. The lowest BCUT2D eigenvalue weighted by Gasteiger charge is -2.17. The molecule has 1 amide bonds. The summed E-state index contributed by atoms with van der Waals surface area (Å²) in [6.45, 7) is 4.59. The Morgan fingerprint density at radius 2 is 2.14 bits per heavy atom. The highest BCUT2D eigenvalue weighted by Crippen LogP contribution is 2.24. The molecule has 1 saturated heterocycles. The largest absolute Gasteiger partial charge is 0.351 e. The number of sulfonamides is 1. The van der Waals surface area contributed by atoms with E-state index in [1.807, 2.05) is 6.92 Å². The second kappa shape index (κ2) is 6.91. The molecular weight excluding hydrogens is 290 g/mol. The van der Waals surface area contributed by atoms with Crippen LogP contribution in [0.25, 0.3) is 0 Å². The van der Waals surface area contributed by atoms with Gasteiger partial charge in [-0.25, -0.2) is 8.42 Å². The summed E-state index contributed by atoms with van der Waals surface area (Å²) >= 11 is 0. The first-order valence-electron chi connectivity index (χ1n) is 7.14. The van der Waals surface area contributed by atoms with Crippen molar-refractivity contribution in [3.8, 4) is 0 Å². The van der Waals surface area contributed by atoms with Gasteiger partial charge >= 0.3 is 0 Å². The lowest BCUT2D eigenvalue weighted by molar-refractivity contribution is 0.0954. The third-order valence-corrected chi connectivity index (χ3v) is 5.20. The molecule has 0 unspecified atom stereocenters. The van der Waals surface area contributed by atoms with Crippen LogP contribution in [0, 0.1) is 0 Å². The fraction of sp³-hybridized carbons (Fsp3) is 0.500. The number of carbonyl (C=O) groups excluding carboxylic acids is 1. The molecular formula is C14H21N3O3S. The van der Waals surface area contributed by atoms with Crippen LogP contribution in [-0.4, -0.2) is 46.3 Å². The molecule has 0 saturated carbocycles. The molecule has 0 aromatic heterocycles. The Morgan fingerprint density at radius 1 is 1.33 bits per heavy atom. The normalized spacial score (nSPS) is 16.9. The molecule has 0 atom stereocenters. The number of hydrogen-bond acceptors (Lipinski definition) is 4. The Hall–Kier alpha value is -1.60. The molecule has 116 valence electrons. The van der Waals surface area contributed by atoms with Gasteiger partial charge in [-0.3, -0.25) is 9.10 Å². The second-order valence-electron chi connectivity index (χ2n) is 4.90. The molecule has 1 fully saturated rings.